The van der Waals surface area contributed by atoms with Crippen molar-refractivity contribution in [2.75, 3.05) is 6.61 Å². The van der Waals surface area contributed by atoms with Gasteiger partial charge in [-0.05, 0) is 25.3 Å². The van der Waals surface area contributed by atoms with Gasteiger partial charge in [-0.15, -0.1) is 0 Å². The van der Waals surface area contributed by atoms with E-state index in [2.05, 4.69) is 23.3 Å². The van der Waals surface area contributed by atoms with Crippen LogP contribution in [0.2, 0.25) is 0 Å². The van der Waals surface area contributed by atoms with Crippen molar-refractivity contribution in [2.45, 2.75) is 26.2 Å². The van der Waals surface area contributed by atoms with Crippen molar-refractivity contribution >= 4 is 5.97 Å². The van der Waals surface area contributed by atoms with Crippen LogP contribution < -0.4 is 0 Å². The van der Waals surface area contributed by atoms with Gasteiger partial charge in [0.25, 0.3) is 0 Å². The van der Waals surface area contributed by atoms with Crippen molar-refractivity contribution in [1.29, 1.82) is 0 Å². The van der Waals surface area contributed by atoms with Gasteiger partial charge >= 0.3 is 5.97 Å². The lowest BCUT2D eigenvalue weighted by Gasteiger charge is -2.09. The van der Waals surface area contributed by atoms with Crippen LogP contribution in [0.4, 0.5) is 0 Å². The number of allylic oxidation sites excluding steroid dienone is 4. The molecule has 0 aromatic carbocycles. The van der Waals surface area contributed by atoms with E-state index in [0.29, 0.717) is 12.2 Å². The summed E-state index contributed by atoms with van der Waals surface area (Å²) in [4.78, 5) is 11.8. The van der Waals surface area contributed by atoms with E-state index in [0.717, 1.165) is 25.0 Å². The summed E-state index contributed by atoms with van der Waals surface area (Å²) in [6.07, 6.45) is 11.0. The Morgan fingerprint density at radius 3 is 3.00 bits per heavy atom. The first-order valence-corrected chi connectivity index (χ1v) is 6.26. The van der Waals surface area contributed by atoms with Crippen LogP contribution in [0.15, 0.2) is 30.0 Å². The number of aromatic nitrogens is 2. The Balaban J connectivity index is 2.21. The fourth-order valence-electron chi connectivity index (χ4n) is 2.04. The molecule has 0 amide bonds. The first-order chi connectivity index (χ1) is 8.72. The zero-order valence-electron chi connectivity index (χ0n) is 10.8. The quantitative estimate of drug-likeness (QED) is 0.766. The van der Waals surface area contributed by atoms with Gasteiger partial charge in [0.05, 0.1) is 18.5 Å². The van der Waals surface area contributed by atoms with E-state index in [1.165, 1.54) is 5.57 Å². The van der Waals surface area contributed by atoms with Crippen molar-refractivity contribution < 1.29 is 9.53 Å². The van der Waals surface area contributed by atoms with E-state index >= 15 is 0 Å². The number of hydrogen-bond donors (Lipinski definition) is 0. The molecule has 0 atom stereocenters. The summed E-state index contributed by atoms with van der Waals surface area (Å²) >= 11 is 0. The van der Waals surface area contributed by atoms with Crippen molar-refractivity contribution in [3.63, 3.8) is 0 Å². The average Bonchev–Trinajstić information content (AvgIpc) is 2.73. The van der Waals surface area contributed by atoms with Gasteiger partial charge in [-0.2, -0.15) is 5.10 Å². The molecule has 0 radical (unpaired) electrons. The molecule has 18 heavy (non-hydrogen) atoms. The molecular formula is C14H18N2O2. The Labute approximate surface area is 107 Å². The molecule has 0 saturated carbocycles. The topological polar surface area (TPSA) is 44.1 Å². The third-order valence-electron chi connectivity index (χ3n) is 3.00. The second kappa shape index (κ2) is 5.67. The summed E-state index contributed by atoms with van der Waals surface area (Å²) in [5, 5.41) is 4.15. The van der Waals surface area contributed by atoms with Gasteiger partial charge in [-0.3, -0.25) is 4.68 Å². The SMILES string of the molecule is CCOC(=O)c1cnn(C)c1CC1=CCCC=C1. The first kappa shape index (κ1) is 12.6. The van der Waals surface area contributed by atoms with E-state index in [1.807, 2.05) is 7.05 Å². The molecule has 1 aromatic heterocycles. The van der Waals surface area contributed by atoms with Crippen LogP contribution in [0.1, 0.15) is 35.8 Å². The highest BCUT2D eigenvalue weighted by Gasteiger charge is 2.17. The summed E-state index contributed by atoms with van der Waals surface area (Å²) in [7, 11) is 1.85. The Hall–Kier alpha value is -1.84. The van der Waals surface area contributed by atoms with Gasteiger partial charge < -0.3 is 4.74 Å². The third kappa shape index (κ3) is 2.70. The minimum absolute atomic E-state index is 0.291. The summed E-state index contributed by atoms with van der Waals surface area (Å²) in [5.41, 5.74) is 2.71. The van der Waals surface area contributed by atoms with Gasteiger partial charge in [0.2, 0.25) is 0 Å². The molecule has 0 N–H and O–H groups in total. The number of nitrogens with zero attached hydrogens (tertiary/aromatic N) is 2. The maximum atomic E-state index is 11.8. The van der Waals surface area contributed by atoms with Gasteiger partial charge in [0, 0.05) is 13.5 Å². The molecule has 4 nitrogen and oxygen atoms in total. The number of esters is 1. The smallest absolute Gasteiger partial charge is 0.341 e. The first-order valence-electron chi connectivity index (χ1n) is 6.26. The minimum Gasteiger partial charge on any atom is -0.462 e. The number of ether oxygens (including phenoxy) is 1. The largest absolute Gasteiger partial charge is 0.462 e. The van der Waals surface area contributed by atoms with Crippen LogP contribution in [-0.2, 0) is 18.2 Å². The molecule has 96 valence electrons. The van der Waals surface area contributed by atoms with E-state index in [4.69, 9.17) is 4.74 Å². The molecule has 1 aliphatic carbocycles. The van der Waals surface area contributed by atoms with Gasteiger partial charge in [-0.25, -0.2) is 4.79 Å². The highest BCUT2D eigenvalue weighted by atomic mass is 16.5. The number of carbonyl (C=O) groups is 1. The summed E-state index contributed by atoms with van der Waals surface area (Å²) in [5.74, 6) is -0.291. The van der Waals surface area contributed by atoms with Gasteiger partial charge in [-0.1, -0.05) is 18.2 Å². The Bertz CT molecular complexity index is 498. The highest BCUT2D eigenvalue weighted by Crippen LogP contribution is 2.18. The predicted octanol–water partition coefficient (Wildman–Crippen LogP) is 2.42. The second-order valence-electron chi connectivity index (χ2n) is 4.28. The van der Waals surface area contributed by atoms with Gasteiger partial charge in [0.15, 0.2) is 0 Å². The predicted molar refractivity (Wildman–Crippen MR) is 69.3 cm³/mol. The average molecular weight is 246 g/mol. The lowest BCUT2D eigenvalue weighted by Crippen LogP contribution is -2.09. The summed E-state index contributed by atoms with van der Waals surface area (Å²) < 4.78 is 6.79. The van der Waals surface area contributed by atoms with Crippen molar-refractivity contribution in [2.24, 2.45) is 7.05 Å². The molecule has 1 aromatic rings. The Morgan fingerprint density at radius 1 is 1.50 bits per heavy atom. The number of hydrogen-bond acceptors (Lipinski definition) is 3. The lowest BCUT2D eigenvalue weighted by molar-refractivity contribution is 0.0525. The fraction of sp³-hybridized carbons (Fsp3) is 0.429. The van der Waals surface area contributed by atoms with E-state index in [1.54, 1.807) is 17.8 Å². The number of rotatable bonds is 4. The monoisotopic (exact) mass is 246 g/mol. The molecule has 0 saturated heterocycles. The Kier molecular flexibility index (Phi) is 3.97. The zero-order chi connectivity index (χ0) is 13.0. The van der Waals surface area contributed by atoms with Crippen molar-refractivity contribution in [3.8, 4) is 0 Å². The maximum absolute atomic E-state index is 11.8. The van der Waals surface area contributed by atoms with Crippen LogP contribution in [0.25, 0.3) is 0 Å². The summed E-state index contributed by atoms with van der Waals surface area (Å²) in [6, 6.07) is 0. The molecule has 1 aliphatic rings. The zero-order valence-corrected chi connectivity index (χ0v) is 10.8. The van der Waals surface area contributed by atoms with Crippen molar-refractivity contribution in [3.05, 3.63) is 41.3 Å². The highest BCUT2D eigenvalue weighted by molar-refractivity contribution is 5.90. The van der Waals surface area contributed by atoms with Gasteiger partial charge in [0.1, 0.15) is 5.56 Å². The molecule has 0 unspecified atom stereocenters. The maximum Gasteiger partial charge on any atom is 0.341 e. The number of carbonyl (C=O) groups excluding carboxylic acids is 1. The summed E-state index contributed by atoms with van der Waals surface area (Å²) in [6.45, 7) is 2.19. The van der Waals surface area contributed by atoms with Crippen LogP contribution in [0.3, 0.4) is 0 Å². The van der Waals surface area contributed by atoms with Crippen LogP contribution in [-0.4, -0.2) is 22.4 Å². The van der Waals surface area contributed by atoms with Crippen LogP contribution >= 0.6 is 0 Å². The van der Waals surface area contributed by atoms with Crippen LogP contribution in [0, 0.1) is 0 Å². The lowest BCUT2D eigenvalue weighted by atomic mass is 10.0. The van der Waals surface area contributed by atoms with Crippen LogP contribution in [0.5, 0.6) is 0 Å². The van der Waals surface area contributed by atoms with E-state index < -0.39 is 0 Å². The van der Waals surface area contributed by atoms with E-state index in [9.17, 15) is 4.79 Å². The Morgan fingerprint density at radius 2 is 2.33 bits per heavy atom. The molecule has 0 bridgehead atoms. The molecule has 2 rings (SSSR count). The third-order valence-corrected chi connectivity index (χ3v) is 3.00. The molecule has 1 heterocycles. The molecule has 0 spiro atoms. The fourth-order valence-corrected chi connectivity index (χ4v) is 2.04. The normalized spacial score (nSPS) is 14.4. The molecule has 4 heteroatoms. The second-order valence-corrected chi connectivity index (χ2v) is 4.28. The minimum atomic E-state index is -0.291. The molecular weight excluding hydrogens is 228 g/mol. The molecule has 0 fully saturated rings. The van der Waals surface area contributed by atoms with Crippen molar-refractivity contribution in [1.82, 2.24) is 9.78 Å². The number of aryl methyl sites for hydroxylation is 1. The molecule has 0 aliphatic heterocycles. The van der Waals surface area contributed by atoms with E-state index in [-0.39, 0.29) is 5.97 Å². The standard InChI is InChI=1S/C14H18N2O2/c1-3-18-14(17)12-10-15-16(2)13(12)9-11-7-5-4-6-8-11/h5,7-8,10H,3-4,6,9H2,1-2H3.